The second-order valence-electron chi connectivity index (χ2n) is 2.19. The molecule has 0 fully saturated rings. The maximum absolute atomic E-state index is 10.4. The zero-order chi connectivity index (χ0) is 8.43. The summed E-state index contributed by atoms with van der Waals surface area (Å²) in [5.74, 6) is -1.02. The molecule has 0 amide bonds. The van der Waals surface area contributed by atoms with Crippen molar-refractivity contribution in [3.8, 4) is 0 Å². The largest absolute Gasteiger partial charge is 0.478 e. The first kappa shape index (κ1) is 11.3. The van der Waals surface area contributed by atoms with E-state index in [1.54, 1.807) is 0 Å². The van der Waals surface area contributed by atoms with Crippen LogP contribution in [0.1, 0.15) is 10.4 Å². The molecule has 0 atom stereocenters. The summed E-state index contributed by atoms with van der Waals surface area (Å²) in [6.07, 6.45) is 0. The number of rotatable bonds is 1. The normalized spacial score (nSPS) is 8.67. The van der Waals surface area contributed by atoms with Gasteiger partial charge in [0.25, 0.3) is 0 Å². The Bertz CT molecular complexity index is 281. The minimum atomic E-state index is -1.02. The molecule has 0 saturated heterocycles. The van der Waals surface area contributed by atoms with E-state index in [1.165, 1.54) is 18.2 Å². The maximum atomic E-state index is 10.4. The predicted octanol–water partition coefficient (Wildman–Crippen LogP) is 0.168. The SMILES string of the molecule is Nc1cc(N)cc(C(=O)O)c1.[Na]. The standard InChI is InChI=1S/C7H8N2O2.Na/c8-5-1-4(7(10)11)2-6(9)3-5;/h1-3H,8-9H2,(H,10,11);. The van der Waals surface area contributed by atoms with Gasteiger partial charge in [-0.2, -0.15) is 0 Å². The molecule has 0 aliphatic carbocycles. The molecule has 5 heteroatoms. The molecule has 0 bridgehead atoms. The van der Waals surface area contributed by atoms with Crippen LogP contribution in [-0.4, -0.2) is 40.6 Å². The van der Waals surface area contributed by atoms with Crippen molar-refractivity contribution < 1.29 is 9.90 Å². The van der Waals surface area contributed by atoms with Crippen LogP contribution in [0.2, 0.25) is 0 Å². The third kappa shape index (κ3) is 2.73. The van der Waals surface area contributed by atoms with Crippen LogP contribution in [0.5, 0.6) is 0 Å². The fraction of sp³-hybridized carbons (Fsp3) is 0. The predicted molar refractivity (Wildman–Crippen MR) is 48.0 cm³/mol. The van der Waals surface area contributed by atoms with Crippen LogP contribution in [-0.2, 0) is 0 Å². The summed E-state index contributed by atoms with van der Waals surface area (Å²) in [4.78, 5) is 10.4. The molecule has 1 aromatic rings. The van der Waals surface area contributed by atoms with Gasteiger partial charge < -0.3 is 16.6 Å². The monoisotopic (exact) mass is 175 g/mol. The van der Waals surface area contributed by atoms with Crippen LogP contribution in [0.4, 0.5) is 11.4 Å². The first-order valence-corrected chi connectivity index (χ1v) is 2.99. The van der Waals surface area contributed by atoms with Gasteiger partial charge in [-0.1, -0.05) is 0 Å². The van der Waals surface area contributed by atoms with Crippen molar-refractivity contribution in [3.05, 3.63) is 23.8 Å². The average Bonchev–Trinajstić information content (AvgIpc) is 1.85. The number of carbonyl (C=O) groups is 1. The van der Waals surface area contributed by atoms with Crippen LogP contribution < -0.4 is 11.5 Å². The summed E-state index contributed by atoms with van der Waals surface area (Å²) in [6.45, 7) is 0. The van der Waals surface area contributed by atoms with Crippen LogP contribution in [0.3, 0.4) is 0 Å². The zero-order valence-corrected chi connectivity index (χ0v) is 8.74. The molecule has 0 aliphatic heterocycles. The molecular formula is C7H8N2NaO2. The van der Waals surface area contributed by atoms with E-state index in [-0.39, 0.29) is 35.1 Å². The summed E-state index contributed by atoms with van der Waals surface area (Å²) in [5.41, 5.74) is 11.5. The van der Waals surface area contributed by atoms with Gasteiger partial charge in [0, 0.05) is 40.9 Å². The molecule has 0 saturated carbocycles. The van der Waals surface area contributed by atoms with Gasteiger partial charge in [0.15, 0.2) is 0 Å². The molecular weight excluding hydrogens is 167 g/mol. The van der Waals surface area contributed by atoms with Gasteiger partial charge in [0.1, 0.15) is 0 Å². The Morgan fingerprint density at radius 1 is 1.17 bits per heavy atom. The third-order valence-electron chi connectivity index (χ3n) is 1.22. The summed E-state index contributed by atoms with van der Waals surface area (Å²) < 4.78 is 0. The summed E-state index contributed by atoms with van der Waals surface area (Å²) >= 11 is 0. The molecule has 0 aliphatic rings. The Hall–Kier alpha value is -0.710. The molecule has 1 rings (SSSR count). The number of carboxylic acids is 1. The second-order valence-corrected chi connectivity index (χ2v) is 2.19. The van der Waals surface area contributed by atoms with Gasteiger partial charge in [-0.15, -0.1) is 0 Å². The summed E-state index contributed by atoms with van der Waals surface area (Å²) in [5, 5.41) is 8.52. The van der Waals surface area contributed by atoms with E-state index in [1.807, 2.05) is 0 Å². The minimum absolute atomic E-state index is 0. The van der Waals surface area contributed by atoms with Crippen LogP contribution in [0.15, 0.2) is 18.2 Å². The number of hydrogen-bond donors (Lipinski definition) is 3. The molecule has 1 aromatic carbocycles. The number of nitrogens with two attached hydrogens (primary N) is 2. The van der Waals surface area contributed by atoms with Gasteiger partial charge in [-0.3, -0.25) is 0 Å². The molecule has 1 radical (unpaired) electrons. The maximum Gasteiger partial charge on any atom is 0.335 e. The molecule has 12 heavy (non-hydrogen) atoms. The van der Waals surface area contributed by atoms with Gasteiger partial charge in [0.2, 0.25) is 0 Å². The number of anilines is 2. The topological polar surface area (TPSA) is 89.3 Å². The number of nitrogen functional groups attached to an aromatic ring is 2. The molecule has 0 heterocycles. The van der Waals surface area contributed by atoms with Crippen LogP contribution in [0.25, 0.3) is 0 Å². The number of carboxylic acid groups (broad SMARTS) is 1. The van der Waals surface area contributed by atoms with Crippen molar-refractivity contribution in [2.45, 2.75) is 0 Å². The van der Waals surface area contributed by atoms with E-state index in [9.17, 15) is 4.79 Å². The van der Waals surface area contributed by atoms with E-state index < -0.39 is 5.97 Å². The fourth-order valence-corrected chi connectivity index (χ4v) is 0.800. The zero-order valence-electron chi connectivity index (χ0n) is 6.74. The Labute approximate surface area is 91.8 Å². The first-order chi connectivity index (χ1) is 5.09. The van der Waals surface area contributed by atoms with E-state index >= 15 is 0 Å². The van der Waals surface area contributed by atoms with Crippen molar-refractivity contribution in [3.63, 3.8) is 0 Å². The van der Waals surface area contributed by atoms with Crippen molar-refractivity contribution in [1.82, 2.24) is 0 Å². The Morgan fingerprint density at radius 2 is 1.58 bits per heavy atom. The molecule has 5 N–H and O–H groups in total. The van der Waals surface area contributed by atoms with Crippen LogP contribution >= 0.6 is 0 Å². The van der Waals surface area contributed by atoms with Crippen molar-refractivity contribution in [2.24, 2.45) is 0 Å². The first-order valence-electron chi connectivity index (χ1n) is 2.99. The van der Waals surface area contributed by atoms with Gasteiger partial charge in [-0.05, 0) is 18.2 Å². The molecule has 0 unspecified atom stereocenters. The molecule has 0 spiro atoms. The van der Waals surface area contributed by atoms with Gasteiger partial charge in [-0.25, -0.2) is 4.79 Å². The fourth-order valence-electron chi connectivity index (χ4n) is 0.800. The van der Waals surface area contributed by atoms with Crippen molar-refractivity contribution >= 4 is 46.9 Å². The van der Waals surface area contributed by atoms with Gasteiger partial charge >= 0.3 is 5.97 Å². The van der Waals surface area contributed by atoms with Crippen LogP contribution in [0, 0.1) is 0 Å². The minimum Gasteiger partial charge on any atom is -0.478 e. The van der Waals surface area contributed by atoms with E-state index in [0.717, 1.165) is 0 Å². The van der Waals surface area contributed by atoms with E-state index in [2.05, 4.69) is 0 Å². The Morgan fingerprint density at radius 3 is 1.92 bits per heavy atom. The summed E-state index contributed by atoms with van der Waals surface area (Å²) in [6, 6.07) is 4.23. The van der Waals surface area contributed by atoms with Gasteiger partial charge in [0.05, 0.1) is 5.56 Å². The molecule has 4 nitrogen and oxygen atoms in total. The quantitative estimate of drug-likeness (QED) is 0.419. The number of hydrogen-bond acceptors (Lipinski definition) is 3. The van der Waals surface area contributed by atoms with Crippen molar-refractivity contribution in [1.29, 1.82) is 0 Å². The number of benzene rings is 1. The number of aromatic carboxylic acids is 1. The van der Waals surface area contributed by atoms with E-state index in [0.29, 0.717) is 11.4 Å². The Kier molecular flexibility index (Phi) is 4.09. The van der Waals surface area contributed by atoms with E-state index in [4.69, 9.17) is 16.6 Å². The van der Waals surface area contributed by atoms with Crippen molar-refractivity contribution in [2.75, 3.05) is 11.5 Å². The smallest absolute Gasteiger partial charge is 0.335 e. The third-order valence-corrected chi connectivity index (χ3v) is 1.22. The second kappa shape index (κ2) is 4.35. The average molecular weight is 175 g/mol. The summed E-state index contributed by atoms with van der Waals surface area (Å²) in [7, 11) is 0. The Balaban J connectivity index is 0.00000121. The molecule has 0 aromatic heterocycles. The molecule has 59 valence electrons.